The number of furan rings is 1. The molecule has 0 radical (unpaired) electrons. The van der Waals surface area contributed by atoms with Gasteiger partial charge in [0.05, 0.1) is 18.6 Å². The van der Waals surface area contributed by atoms with Crippen molar-refractivity contribution in [2.45, 2.75) is 19.4 Å². The zero-order valence-corrected chi connectivity index (χ0v) is 12.7. The second-order valence-corrected chi connectivity index (χ2v) is 6.98. The molecule has 3 rings (SSSR count). The molecule has 1 aromatic heterocycles. The Balaban J connectivity index is 2.04. The van der Waals surface area contributed by atoms with Crippen molar-refractivity contribution in [3.05, 3.63) is 59.5 Å². The average Bonchev–Trinajstić information content (AvgIpc) is 3.07. The van der Waals surface area contributed by atoms with Crippen molar-refractivity contribution < 1.29 is 12.8 Å². The zero-order chi connectivity index (χ0) is 15.0. The summed E-state index contributed by atoms with van der Waals surface area (Å²) in [6, 6.07) is 11.0. The monoisotopic (exact) mass is 304 g/mol. The van der Waals surface area contributed by atoms with Crippen LogP contribution >= 0.6 is 0 Å². The van der Waals surface area contributed by atoms with Crippen molar-refractivity contribution in [1.82, 2.24) is 4.41 Å². The second-order valence-electron chi connectivity index (χ2n) is 5.14. The minimum Gasteiger partial charge on any atom is -0.463 e. The quantitative estimate of drug-likeness (QED) is 0.876. The number of hydrogen-bond acceptors (Lipinski definition) is 4. The van der Waals surface area contributed by atoms with Crippen LogP contribution in [0.2, 0.25) is 0 Å². The van der Waals surface area contributed by atoms with Gasteiger partial charge in [0.25, 0.3) is 0 Å². The lowest BCUT2D eigenvalue weighted by Gasteiger charge is -2.22. The van der Waals surface area contributed by atoms with Crippen LogP contribution in [0, 0.1) is 6.92 Å². The highest BCUT2D eigenvalue weighted by Crippen LogP contribution is 2.35. The van der Waals surface area contributed by atoms with Gasteiger partial charge in [0.15, 0.2) is 0 Å². The summed E-state index contributed by atoms with van der Waals surface area (Å²) in [5.41, 5.74) is 2.67. The summed E-state index contributed by atoms with van der Waals surface area (Å²) in [6.45, 7) is 1.97. The summed E-state index contributed by atoms with van der Waals surface area (Å²) >= 11 is 0. The standard InChI is InChI=1S/C15H16N2O3S/c1-11-6-3-4-7-12(11)14-10-13(15-8-5-9-20-15)16-17(14)21(2,18)19/h3-9,14H,10H2,1-2H3/t14-/m0/s1. The van der Waals surface area contributed by atoms with E-state index in [9.17, 15) is 8.42 Å². The lowest BCUT2D eigenvalue weighted by Crippen LogP contribution is -2.26. The second kappa shape index (κ2) is 5.04. The summed E-state index contributed by atoms with van der Waals surface area (Å²) in [4.78, 5) is 0. The highest BCUT2D eigenvalue weighted by Gasteiger charge is 2.35. The summed E-state index contributed by atoms with van der Waals surface area (Å²) in [6.07, 6.45) is 3.24. The van der Waals surface area contributed by atoms with Crippen molar-refractivity contribution in [2.24, 2.45) is 5.10 Å². The third-order valence-electron chi connectivity index (χ3n) is 3.57. The van der Waals surface area contributed by atoms with Crippen molar-refractivity contribution in [3.63, 3.8) is 0 Å². The molecule has 21 heavy (non-hydrogen) atoms. The largest absolute Gasteiger partial charge is 0.463 e. The van der Waals surface area contributed by atoms with Crippen molar-refractivity contribution >= 4 is 15.7 Å². The van der Waals surface area contributed by atoms with Crippen LogP contribution in [0.4, 0.5) is 0 Å². The first-order valence-corrected chi connectivity index (χ1v) is 8.48. The number of hydrazone groups is 1. The highest BCUT2D eigenvalue weighted by atomic mass is 32.2. The molecule has 0 saturated heterocycles. The molecule has 0 N–H and O–H groups in total. The molecule has 0 saturated carbocycles. The molecular formula is C15H16N2O3S. The van der Waals surface area contributed by atoms with Gasteiger partial charge in [-0.1, -0.05) is 24.3 Å². The van der Waals surface area contributed by atoms with E-state index >= 15 is 0 Å². The van der Waals surface area contributed by atoms with Gasteiger partial charge < -0.3 is 4.42 Å². The molecule has 0 fully saturated rings. The minimum absolute atomic E-state index is 0.318. The van der Waals surface area contributed by atoms with Gasteiger partial charge in [-0.05, 0) is 30.2 Å². The Labute approximate surface area is 123 Å². The van der Waals surface area contributed by atoms with E-state index in [-0.39, 0.29) is 6.04 Å². The van der Waals surface area contributed by atoms with Gasteiger partial charge >= 0.3 is 0 Å². The Morgan fingerprint density at radius 3 is 2.62 bits per heavy atom. The molecule has 0 aliphatic carbocycles. The minimum atomic E-state index is -3.44. The molecule has 1 aliphatic rings. The van der Waals surface area contributed by atoms with Crippen molar-refractivity contribution in [3.8, 4) is 0 Å². The van der Waals surface area contributed by atoms with E-state index in [1.165, 1.54) is 10.7 Å². The van der Waals surface area contributed by atoms with Gasteiger partial charge in [0, 0.05) is 6.42 Å². The summed E-state index contributed by atoms with van der Waals surface area (Å²) in [7, 11) is -3.44. The predicted octanol–water partition coefficient (Wildman–Crippen LogP) is 2.70. The maximum absolute atomic E-state index is 12.0. The maximum atomic E-state index is 12.0. The molecule has 1 aromatic carbocycles. The van der Waals surface area contributed by atoms with Crippen LogP contribution in [0.5, 0.6) is 0 Å². The van der Waals surface area contributed by atoms with E-state index in [1.807, 2.05) is 31.2 Å². The van der Waals surface area contributed by atoms with Crippen LogP contribution in [-0.4, -0.2) is 24.8 Å². The van der Waals surface area contributed by atoms with Gasteiger partial charge in [0.2, 0.25) is 10.0 Å². The molecule has 2 aromatic rings. The van der Waals surface area contributed by atoms with Gasteiger partial charge in [-0.2, -0.15) is 9.52 Å². The molecule has 0 bridgehead atoms. The molecule has 0 amide bonds. The van der Waals surface area contributed by atoms with Crippen LogP contribution in [0.15, 0.2) is 52.2 Å². The smallest absolute Gasteiger partial charge is 0.247 e. The first kappa shape index (κ1) is 13.9. The summed E-state index contributed by atoms with van der Waals surface area (Å²) < 4.78 is 30.6. The van der Waals surface area contributed by atoms with Crippen LogP contribution in [0.1, 0.15) is 29.3 Å². The fourth-order valence-corrected chi connectivity index (χ4v) is 3.48. The van der Waals surface area contributed by atoms with Gasteiger partial charge in [0.1, 0.15) is 11.5 Å². The van der Waals surface area contributed by atoms with Crippen molar-refractivity contribution in [1.29, 1.82) is 0 Å². The fourth-order valence-electron chi connectivity index (χ4n) is 2.58. The van der Waals surface area contributed by atoms with Gasteiger partial charge in [-0.25, -0.2) is 8.42 Å². The van der Waals surface area contributed by atoms with Crippen LogP contribution in [0.3, 0.4) is 0 Å². The van der Waals surface area contributed by atoms with E-state index in [0.29, 0.717) is 17.9 Å². The number of benzene rings is 1. The molecular weight excluding hydrogens is 288 g/mol. The first-order chi connectivity index (χ1) is 9.97. The SMILES string of the molecule is Cc1ccccc1[C@@H]1CC(c2ccco2)=NN1S(C)(=O)=O. The average molecular weight is 304 g/mol. The molecule has 1 aliphatic heterocycles. The Bertz CT molecular complexity index is 779. The van der Waals surface area contributed by atoms with Crippen LogP contribution in [0.25, 0.3) is 0 Å². The number of nitrogens with zero attached hydrogens (tertiary/aromatic N) is 2. The summed E-state index contributed by atoms with van der Waals surface area (Å²) in [5, 5.41) is 4.27. The predicted molar refractivity (Wildman–Crippen MR) is 80.5 cm³/mol. The Hall–Kier alpha value is -2.08. The third kappa shape index (κ3) is 2.58. The first-order valence-electron chi connectivity index (χ1n) is 6.63. The van der Waals surface area contributed by atoms with E-state index in [1.54, 1.807) is 18.4 Å². The summed E-state index contributed by atoms with van der Waals surface area (Å²) in [5.74, 6) is 0.611. The van der Waals surface area contributed by atoms with E-state index in [0.717, 1.165) is 11.1 Å². The molecule has 0 spiro atoms. The van der Waals surface area contributed by atoms with Crippen molar-refractivity contribution in [2.75, 3.05) is 6.26 Å². The molecule has 0 unspecified atom stereocenters. The molecule has 5 nitrogen and oxygen atoms in total. The number of hydrogen-bond donors (Lipinski definition) is 0. The number of rotatable bonds is 3. The highest BCUT2D eigenvalue weighted by molar-refractivity contribution is 7.88. The zero-order valence-electron chi connectivity index (χ0n) is 11.9. The van der Waals surface area contributed by atoms with Crippen LogP contribution in [-0.2, 0) is 10.0 Å². The third-order valence-corrected chi connectivity index (χ3v) is 4.58. The number of sulfonamides is 1. The Morgan fingerprint density at radius 2 is 2.00 bits per heavy atom. The Morgan fingerprint density at radius 1 is 1.24 bits per heavy atom. The maximum Gasteiger partial charge on any atom is 0.247 e. The van der Waals surface area contributed by atoms with E-state index in [2.05, 4.69) is 5.10 Å². The molecule has 110 valence electrons. The fraction of sp³-hybridized carbons (Fsp3) is 0.267. The van der Waals surface area contributed by atoms with Gasteiger partial charge in [-0.3, -0.25) is 0 Å². The normalized spacial score (nSPS) is 18.9. The lowest BCUT2D eigenvalue weighted by molar-refractivity contribution is 0.374. The van der Waals surface area contributed by atoms with Crippen LogP contribution < -0.4 is 0 Å². The van der Waals surface area contributed by atoms with Gasteiger partial charge in [-0.15, -0.1) is 0 Å². The molecule has 1 atom stereocenters. The Kier molecular flexibility index (Phi) is 3.33. The van der Waals surface area contributed by atoms with E-state index < -0.39 is 10.0 Å². The molecule has 6 heteroatoms. The number of aryl methyl sites for hydroxylation is 1. The molecule has 2 heterocycles. The lowest BCUT2D eigenvalue weighted by atomic mass is 9.98. The van der Waals surface area contributed by atoms with E-state index in [4.69, 9.17) is 4.42 Å². The topological polar surface area (TPSA) is 62.9 Å².